The van der Waals surface area contributed by atoms with E-state index in [0.717, 1.165) is 6.42 Å². The SMILES string of the molecule is C1=CCC=C1.CC.[B]. The molecule has 43 valence electrons. The lowest BCUT2D eigenvalue weighted by molar-refractivity contribution is 1.45. The largest absolute Gasteiger partial charge is 0.0808 e. The van der Waals surface area contributed by atoms with Crippen molar-refractivity contribution in [3.05, 3.63) is 24.3 Å². The molecule has 0 unspecified atom stereocenters. The summed E-state index contributed by atoms with van der Waals surface area (Å²) in [5.74, 6) is 0. The van der Waals surface area contributed by atoms with Gasteiger partial charge in [-0.2, -0.15) is 0 Å². The molecule has 0 N–H and O–H groups in total. The van der Waals surface area contributed by atoms with Gasteiger partial charge in [0.1, 0.15) is 0 Å². The lowest BCUT2D eigenvalue weighted by atomic mass is 10.5. The zero-order valence-electron chi connectivity index (χ0n) is 5.59. The van der Waals surface area contributed by atoms with E-state index in [1.54, 1.807) is 0 Å². The average molecular weight is 107 g/mol. The summed E-state index contributed by atoms with van der Waals surface area (Å²) in [5, 5.41) is 0. The van der Waals surface area contributed by atoms with Crippen LogP contribution in [0.15, 0.2) is 24.3 Å². The Labute approximate surface area is 53.9 Å². The molecule has 0 saturated heterocycles. The van der Waals surface area contributed by atoms with Crippen molar-refractivity contribution in [1.29, 1.82) is 0 Å². The van der Waals surface area contributed by atoms with E-state index in [4.69, 9.17) is 0 Å². The van der Waals surface area contributed by atoms with E-state index in [9.17, 15) is 0 Å². The van der Waals surface area contributed by atoms with Crippen LogP contribution in [0.2, 0.25) is 0 Å². The van der Waals surface area contributed by atoms with E-state index < -0.39 is 0 Å². The van der Waals surface area contributed by atoms with Crippen LogP contribution in [0.3, 0.4) is 0 Å². The smallest absolute Gasteiger partial charge is 0 e. The Hall–Kier alpha value is -0.455. The van der Waals surface area contributed by atoms with Crippen molar-refractivity contribution in [1.82, 2.24) is 0 Å². The fourth-order valence-electron chi connectivity index (χ4n) is 0.393. The van der Waals surface area contributed by atoms with Crippen LogP contribution in [0.1, 0.15) is 20.3 Å². The lowest BCUT2D eigenvalue weighted by Crippen LogP contribution is -1.37. The lowest BCUT2D eigenvalue weighted by Gasteiger charge is -1.57. The van der Waals surface area contributed by atoms with Gasteiger partial charge in [-0.25, -0.2) is 0 Å². The maximum atomic E-state index is 2.12. The van der Waals surface area contributed by atoms with Crippen LogP contribution in [-0.2, 0) is 0 Å². The predicted molar refractivity (Wildman–Crippen MR) is 40.0 cm³/mol. The maximum Gasteiger partial charge on any atom is 0 e. The third-order valence-electron chi connectivity index (χ3n) is 0.655. The van der Waals surface area contributed by atoms with E-state index in [1.165, 1.54) is 0 Å². The summed E-state index contributed by atoms with van der Waals surface area (Å²) < 4.78 is 0. The third-order valence-corrected chi connectivity index (χ3v) is 0.655. The molecule has 1 aliphatic rings. The van der Waals surface area contributed by atoms with Crippen LogP contribution in [0.5, 0.6) is 0 Å². The second-order valence-corrected chi connectivity index (χ2v) is 1.09. The molecule has 0 spiro atoms. The van der Waals surface area contributed by atoms with Crippen LogP contribution >= 0.6 is 0 Å². The standard InChI is InChI=1S/C5H6.C2H6.B/c1-2-4-5-3-1;1-2;/h1-4H,5H2;1-2H3;. The Kier molecular flexibility index (Phi) is 12.8. The van der Waals surface area contributed by atoms with Gasteiger partial charge in [0.25, 0.3) is 0 Å². The summed E-state index contributed by atoms with van der Waals surface area (Å²) in [6.07, 6.45) is 9.50. The van der Waals surface area contributed by atoms with Crippen molar-refractivity contribution in [3.63, 3.8) is 0 Å². The molecular formula is C7H12B. The van der Waals surface area contributed by atoms with Gasteiger partial charge >= 0.3 is 0 Å². The zero-order chi connectivity index (χ0) is 5.54. The van der Waals surface area contributed by atoms with Gasteiger partial charge in [0, 0.05) is 8.41 Å². The summed E-state index contributed by atoms with van der Waals surface area (Å²) in [5.41, 5.74) is 0. The molecule has 0 saturated carbocycles. The molecular weight excluding hydrogens is 94.9 g/mol. The van der Waals surface area contributed by atoms with Crippen molar-refractivity contribution in [2.75, 3.05) is 0 Å². The fraction of sp³-hybridized carbons (Fsp3) is 0.429. The van der Waals surface area contributed by atoms with Crippen LogP contribution < -0.4 is 0 Å². The molecule has 0 bridgehead atoms. The zero-order valence-corrected chi connectivity index (χ0v) is 5.59. The van der Waals surface area contributed by atoms with Crippen molar-refractivity contribution in [3.8, 4) is 0 Å². The van der Waals surface area contributed by atoms with Gasteiger partial charge in [0.2, 0.25) is 0 Å². The molecule has 0 nitrogen and oxygen atoms in total. The first kappa shape index (κ1) is 10.5. The number of hydrogen-bond donors (Lipinski definition) is 0. The molecule has 0 aromatic rings. The summed E-state index contributed by atoms with van der Waals surface area (Å²) in [4.78, 5) is 0. The summed E-state index contributed by atoms with van der Waals surface area (Å²) >= 11 is 0. The second kappa shape index (κ2) is 9.74. The topological polar surface area (TPSA) is 0 Å². The third kappa shape index (κ3) is 5.54. The van der Waals surface area contributed by atoms with Crippen LogP contribution in [0.4, 0.5) is 0 Å². The Morgan fingerprint density at radius 2 is 1.38 bits per heavy atom. The van der Waals surface area contributed by atoms with Crippen LogP contribution in [0.25, 0.3) is 0 Å². The molecule has 1 rings (SSSR count). The van der Waals surface area contributed by atoms with Gasteiger partial charge in [0.05, 0.1) is 0 Å². The van der Waals surface area contributed by atoms with E-state index in [1.807, 2.05) is 13.8 Å². The highest BCUT2D eigenvalue weighted by molar-refractivity contribution is 5.75. The highest BCUT2D eigenvalue weighted by Gasteiger charge is 1.72. The van der Waals surface area contributed by atoms with Crippen molar-refractivity contribution >= 4 is 8.41 Å². The molecule has 0 heterocycles. The molecule has 8 heavy (non-hydrogen) atoms. The first-order valence-electron chi connectivity index (χ1n) is 2.82. The van der Waals surface area contributed by atoms with Crippen LogP contribution in [0, 0.1) is 0 Å². The van der Waals surface area contributed by atoms with Gasteiger partial charge in [0.15, 0.2) is 0 Å². The minimum atomic E-state index is 0. The normalized spacial score (nSPS) is 11.8. The molecule has 0 aromatic heterocycles. The van der Waals surface area contributed by atoms with E-state index in [-0.39, 0.29) is 8.41 Å². The number of rotatable bonds is 0. The molecule has 1 heteroatoms. The van der Waals surface area contributed by atoms with Crippen molar-refractivity contribution in [2.24, 2.45) is 0 Å². The molecule has 3 radical (unpaired) electrons. The molecule has 0 amide bonds. The number of allylic oxidation sites excluding steroid dienone is 4. The van der Waals surface area contributed by atoms with Gasteiger partial charge in [-0.15, -0.1) is 0 Å². The molecule has 0 aromatic carbocycles. The van der Waals surface area contributed by atoms with Gasteiger partial charge < -0.3 is 0 Å². The van der Waals surface area contributed by atoms with E-state index in [0.29, 0.717) is 0 Å². The molecule has 0 fully saturated rings. The Bertz CT molecular complexity index is 62.5. The Morgan fingerprint density at radius 3 is 1.50 bits per heavy atom. The quantitative estimate of drug-likeness (QED) is 0.416. The Morgan fingerprint density at radius 1 is 1.00 bits per heavy atom. The van der Waals surface area contributed by atoms with Crippen molar-refractivity contribution in [2.45, 2.75) is 20.3 Å². The maximum absolute atomic E-state index is 2.12. The predicted octanol–water partition coefficient (Wildman–Crippen LogP) is 2.15. The van der Waals surface area contributed by atoms with E-state index >= 15 is 0 Å². The fourth-order valence-corrected chi connectivity index (χ4v) is 0.393. The highest BCUT2D eigenvalue weighted by atomic mass is 13.8. The minimum Gasteiger partial charge on any atom is -0.0808 e. The van der Waals surface area contributed by atoms with Crippen LogP contribution in [-0.4, -0.2) is 8.41 Å². The second-order valence-electron chi connectivity index (χ2n) is 1.09. The average Bonchev–Trinajstić information content (AvgIpc) is 2.23. The van der Waals surface area contributed by atoms with Crippen molar-refractivity contribution < 1.29 is 0 Å². The van der Waals surface area contributed by atoms with Gasteiger partial charge in [-0.05, 0) is 6.42 Å². The summed E-state index contributed by atoms with van der Waals surface area (Å²) in [6, 6.07) is 0. The summed E-state index contributed by atoms with van der Waals surface area (Å²) in [6.45, 7) is 4.00. The first-order valence-corrected chi connectivity index (χ1v) is 2.82. The molecule has 1 aliphatic carbocycles. The minimum absolute atomic E-state index is 0. The molecule has 0 atom stereocenters. The Balaban J connectivity index is 0. The highest BCUT2D eigenvalue weighted by Crippen LogP contribution is 1.93. The van der Waals surface area contributed by atoms with E-state index in [2.05, 4.69) is 24.3 Å². The molecule has 0 aliphatic heterocycles. The van der Waals surface area contributed by atoms with Gasteiger partial charge in [-0.3, -0.25) is 0 Å². The monoisotopic (exact) mass is 107 g/mol. The summed E-state index contributed by atoms with van der Waals surface area (Å²) in [7, 11) is 0. The number of hydrogen-bond acceptors (Lipinski definition) is 0. The first-order chi connectivity index (χ1) is 3.50. The van der Waals surface area contributed by atoms with Gasteiger partial charge in [-0.1, -0.05) is 38.2 Å².